The van der Waals surface area contributed by atoms with Crippen LogP contribution in [0.15, 0.2) is 35.3 Å². The van der Waals surface area contributed by atoms with E-state index in [1.807, 2.05) is 0 Å². The molecule has 0 amide bonds. The molecule has 0 radical (unpaired) electrons. The molecular weight excluding hydrogens is 335 g/mol. The summed E-state index contributed by atoms with van der Waals surface area (Å²) in [5, 5.41) is 0.458. The second kappa shape index (κ2) is 7.97. The number of hydrogen-bond donors (Lipinski definition) is 1. The Kier molecular flexibility index (Phi) is 5.98. The minimum Gasteiger partial charge on any atom is -0.469 e. The lowest BCUT2D eigenvalue weighted by Gasteiger charge is -2.13. The molecular formula is C17H18ClFN2O3. The van der Waals surface area contributed by atoms with Gasteiger partial charge in [-0.2, -0.15) is 0 Å². The molecule has 0 spiro atoms. The fourth-order valence-corrected chi connectivity index (χ4v) is 2.47. The van der Waals surface area contributed by atoms with Gasteiger partial charge in [0.25, 0.3) is 5.56 Å². The summed E-state index contributed by atoms with van der Waals surface area (Å²) in [4.78, 5) is 23.8. The Labute approximate surface area is 144 Å². The smallest absolute Gasteiger partial charge is 0.310 e. The summed E-state index contributed by atoms with van der Waals surface area (Å²) in [6, 6.07) is 6.08. The molecule has 1 heterocycles. The first-order valence-corrected chi connectivity index (χ1v) is 7.76. The molecule has 24 heavy (non-hydrogen) atoms. The van der Waals surface area contributed by atoms with Gasteiger partial charge < -0.3 is 10.2 Å². The molecule has 0 aliphatic carbocycles. The first-order chi connectivity index (χ1) is 11.4. The van der Waals surface area contributed by atoms with Crippen LogP contribution >= 0.6 is 11.6 Å². The number of nitrogens with zero attached hydrogens (tertiary/aromatic N) is 1. The van der Waals surface area contributed by atoms with Crippen LogP contribution in [0.1, 0.15) is 16.7 Å². The number of aryl methyl sites for hydroxylation is 1. The predicted octanol–water partition coefficient (Wildman–Crippen LogP) is 2.45. The molecule has 0 saturated carbocycles. The third kappa shape index (κ3) is 4.35. The first kappa shape index (κ1) is 18.0. The largest absolute Gasteiger partial charge is 0.469 e. The van der Waals surface area contributed by atoms with Crippen LogP contribution in [-0.2, 0) is 22.4 Å². The fourth-order valence-electron chi connectivity index (χ4n) is 2.27. The Morgan fingerprint density at radius 2 is 2.12 bits per heavy atom. The zero-order valence-corrected chi connectivity index (χ0v) is 14.2. The van der Waals surface area contributed by atoms with Crippen LogP contribution in [0.25, 0.3) is 0 Å². The normalized spacial score (nSPS) is 10.5. The van der Waals surface area contributed by atoms with Crippen molar-refractivity contribution in [1.29, 1.82) is 0 Å². The molecule has 1 aromatic heterocycles. The van der Waals surface area contributed by atoms with E-state index in [2.05, 4.69) is 10.2 Å². The van der Waals surface area contributed by atoms with E-state index < -0.39 is 5.97 Å². The molecule has 0 bridgehead atoms. The number of halogens is 2. The number of hydrogen-bond acceptors (Lipinski definition) is 4. The highest BCUT2D eigenvalue weighted by Crippen LogP contribution is 2.15. The summed E-state index contributed by atoms with van der Waals surface area (Å²) in [6.07, 6.45) is 1.85. The second-order valence-corrected chi connectivity index (χ2v) is 5.74. The van der Waals surface area contributed by atoms with Gasteiger partial charge in [-0.3, -0.25) is 9.59 Å². The number of nitrogens with one attached hydrogen (secondary N) is 1. The van der Waals surface area contributed by atoms with Crippen LogP contribution in [-0.4, -0.2) is 24.3 Å². The summed E-state index contributed by atoms with van der Waals surface area (Å²) in [5.74, 6) is -0.821. The molecule has 128 valence electrons. The summed E-state index contributed by atoms with van der Waals surface area (Å²) in [7, 11) is 1.27. The highest BCUT2D eigenvalue weighted by Gasteiger charge is 2.12. The van der Waals surface area contributed by atoms with Gasteiger partial charge in [-0.05, 0) is 48.7 Å². The number of methoxy groups -OCH3 is 1. The Balaban J connectivity index is 2.10. The third-order valence-electron chi connectivity index (χ3n) is 3.66. The molecule has 7 heteroatoms. The number of pyridine rings is 1. The maximum atomic E-state index is 13.7. The highest BCUT2D eigenvalue weighted by molar-refractivity contribution is 6.30. The quantitative estimate of drug-likeness (QED) is 0.811. The van der Waals surface area contributed by atoms with Gasteiger partial charge in [0.1, 0.15) is 5.82 Å². The van der Waals surface area contributed by atoms with E-state index in [9.17, 15) is 14.0 Å². The van der Waals surface area contributed by atoms with E-state index >= 15 is 0 Å². The molecule has 0 atom stereocenters. The van der Waals surface area contributed by atoms with Crippen molar-refractivity contribution in [1.82, 2.24) is 4.68 Å². The molecule has 0 saturated heterocycles. The van der Waals surface area contributed by atoms with E-state index in [1.165, 1.54) is 23.9 Å². The van der Waals surface area contributed by atoms with Crippen molar-refractivity contribution in [2.24, 2.45) is 0 Å². The minimum absolute atomic E-state index is 0.0907. The van der Waals surface area contributed by atoms with Crippen molar-refractivity contribution >= 4 is 17.6 Å². The number of carbonyl (C=O) groups excluding carboxylic acids is 1. The van der Waals surface area contributed by atoms with E-state index in [4.69, 9.17) is 11.6 Å². The molecule has 1 N–H and O–H groups in total. The van der Waals surface area contributed by atoms with Crippen LogP contribution in [0.2, 0.25) is 5.02 Å². The molecule has 0 unspecified atom stereocenters. The third-order valence-corrected chi connectivity index (χ3v) is 3.89. The summed E-state index contributed by atoms with van der Waals surface area (Å²) in [5.41, 5.74) is 4.12. The van der Waals surface area contributed by atoms with Gasteiger partial charge in [0.2, 0.25) is 0 Å². The average molecular weight is 353 g/mol. The van der Waals surface area contributed by atoms with Gasteiger partial charge in [-0.15, -0.1) is 0 Å². The maximum absolute atomic E-state index is 13.7. The predicted molar refractivity (Wildman–Crippen MR) is 90.5 cm³/mol. The van der Waals surface area contributed by atoms with Crippen LogP contribution in [0.5, 0.6) is 0 Å². The van der Waals surface area contributed by atoms with Crippen LogP contribution < -0.4 is 11.0 Å². The zero-order valence-electron chi connectivity index (χ0n) is 13.4. The molecule has 0 fully saturated rings. The number of esters is 1. The van der Waals surface area contributed by atoms with Crippen molar-refractivity contribution in [3.63, 3.8) is 0 Å². The molecule has 1 aromatic carbocycles. The first-order valence-electron chi connectivity index (χ1n) is 7.38. The van der Waals surface area contributed by atoms with E-state index in [0.29, 0.717) is 34.7 Å². The minimum atomic E-state index is -0.478. The molecule has 2 rings (SSSR count). The van der Waals surface area contributed by atoms with Crippen molar-refractivity contribution in [3.8, 4) is 0 Å². The number of ether oxygens (including phenoxy) is 1. The average Bonchev–Trinajstić information content (AvgIpc) is 2.56. The second-order valence-electron chi connectivity index (χ2n) is 5.30. The van der Waals surface area contributed by atoms with Gasteiger partial charge in [-0.25, -0.2) is 9.07 Å². The van der Waals surface area contributed by atoms with Crippen LogP contribution in [0.3, 0.4) is 0 Å². The Morgan fingerprint density at radius 3 is 2.83 bits per heavy atom. The van der Waals surface area contributed by atoms with Crippen molar-refractivity contribution < 1.29 is 13.9 Å². The van der Waals surface area contributed by atoms with Crippen LogP contribution in [0, 0.1) is 12.7 Å². The number of rotatable bonds is 6. The topological polar surface area (TPSA) is 60.3 Å². The molecule has 0 aliphatic rings. The number of carbonyl (C=O) groups is 1. The number of benzene rings is 1. The lowest BCUT2D eigenvalue weighted by molar-refractivity contribution is -0.139. The van der Waals surface area contributed by atoms with Gasteiger partial charge in [0.05, 0.1) is 13.5 Å². The lowest BCUT2D eigenvalue weighted by atomic mass is 10.1. The van der Waals surface area contributed by atoms with Crippen molar-refractivity contribution in [2.75, 3.05) is 19.1 Å². The fraction of sp³-hybridized carbons (Fsp3) is 0.294. The Morgan fingerprint density at radius 1 is 1.38 bits per heavy atom. The molecule has 0 aliphatic heterocycles. The molecule has 2 aromatic rings. The monoisotopic (exact) mass is 352 g/mol. The SMILES string of the molecule is COC(=O)Cc1c(C)ccn(NCCc2cc(Cl)ccc2F)c1=O. The van der Waals surface area contributed by atoms with Gasteiger partial charge >= 0.3 is 5.97 Å². The molecule has 5 nitrogen and oxygen atoms in total. The standard InChI is InChI=1S/C17H18ClFN2O3/c1-11-6-8-21(17(23)14(11)10-16(22)24-2)20-7-5-12-9-13(18)3-4-15(12)19/h3-4,6,8-9,20H,5,7,10H2,1-2H3. The summed E-state index contributed by atoms with van der Waals surface area (Å²) in [6.45, 7) is 2.09. The van der Waals surface area contributed by atoms with E-state index in [-0.39, 0.29) is 17.8 Å². The van der Waals surface area contributed by atoms with E-state index in [0.717, 1.165) is 0 Å². The zero-order chi connectivity index (χ0) is 17.7. The number of aromatic nitrogens is 1. The highest BCUT2D eigenvalue weighted by atomic mass is 35.5. The van der Waals surface area contributed by atoms with E-state index in [1.54, 1.807) is 25.3 Å². The van der Waals surface area contributed by atoms with Gasteiger partial charge in [-0.1, -0.05) is 11.6 Å². The lowest BCUT2D eigenvalue weighted by Crippen LogP contribution is -2.33. The van der Waals surface area contributed by atoms with Gasteiger partial charge in [0, 0.05) is 23.3 Å². The van der Waals surface area contributed by atoms with Crippen molar-refractivity contribution in [3.05, 3.63) is 68.3 Å². The maximum Gasteiger partial charge on any atom is 0.310 e. The Hall–Kier alpha value is -2.34. The summed E-state index contributed by atoms with van der Waals surface area (Å²) >= 11 is 5.85. The summed E-state index contributed by atoms with van der Waals surface area (Å²) < 4.78 is 19.6. The Bertz CT molecular complexity index is 805. The van der Waals surface area contributed by atoms with Gasteiger partial charge in [0.15, 0.2) is 0 Å². The van der Waals surface area contributed by atoms with Crippen LogP contribution in [0.4, 0.5) is 4.39 Å². The van der Waals surface area contributed by atoms with Crippen molar-refractivity contribution in [2.45, 2.75) is 19.8 Å².